The maximum absolute atomic E-state index is 11.9. The second kappa shape index (κ2) is 8.73. The first kappa shape index (κ1) is 25.6. The molecule has 16 nitrogen and oxygen atoms in total. The third kappa shape index (κ3) is 6.45. The number of aliphatic hydroxyl groups is 2. The highest BCUT2D eigenvalue weighted by atomic mass is 32.5. The SMILES string of the molecule is C[C@@]1(O)[C@H](O)C(COP(O)(=S)OP(=O)(O)OP(=O)(O)O)O[C@H]1n1ccc(=O)[nH]c1=O. The minimum absolute atomic E-state index is 0.724. The Morgan fingerprint density at radius 1 is 1.27 bits per heavy atom. The van der Waals surface area contributed by atoms with Gasteiger partial charge in [0, 0.05) is 12.3 Å². The molecule has 1 aromatic heterocycles. The summed E-state index contributed by atoms with van der Waals surface area (Å²) in [4.78, 5) is 61.1. The first-order chi connectivity index (χ1) is 13.4. The molecule has 0 bridgehead atoms. The number of nitrogens with one attached hydrogen (secondary N) is 1. The van der Waals surface area contributed by atoms with E-state index in [1.165, 1.54) is 0 Å². The van der Waals surface area contributed by atoms with E-state index in [1.54, 1.807) is 0 Å². The van der Waals surface area contributed by atoms with Gasteiger partial charge < -0.3 is 39.0 Å². The van der Waals surface area contributed by atoms with Crippen LogP contribution in [0.15, 0.2) is 21.9 Å². The fourth-order valence-corrected chi connectivity index (χ4v) is 6.43. The van der Waals surface area contributed by atoms with E-state index in [4.69, 9.17) is 19.0 Å². The number of aromatic amines is 1. The molecule has 3 unspecified atom stereocenters. The van der Waals surface area contributed by atoms with Crippen LogP contribution < -0.4 is 11.2 Å². The lowest BCUT2D eigenvalue weighted by atomic mass is 9.96. The van der Waals surface area contributed by atoms with Gasteiger partial charge in [0.25, 0.3) is 5.56 Å². The van der Waals surface area contributed by atoms with Crippen molar-refractivity contribution in [3.63, 3.8) is 0 Å². The molecular formula is C10H17N2O14P3S. The molecule has 30 heavy (non-hydrogen) atoms. The summed E-state index contributed by atoms with van der Waals surface area (Å²) >= 11 is 4.43. The van der Waals surface area contributed by atoms with Crippen molar-refractivity contribution in [2.45, 2.75) is 31.0 Å². The van der Waals surface area contributed by atoms with Crippen molar-refractivity contribution in [2.24, 2.45) is 0 Å². The second-order valence-corrected chi connectivity index (χ2v) is 11.9. The Morgan fingerprint density at radius 2 is 1.87 bits per heavy atom. The van der Waals surface area contributed by atoms with Crippen LogP contribution >= 0.6 is 22.4 Å². The van der Waals surface area contributed by atoms with Gasteiger partial charge in [0.05, 0.1) is 6.61 Å². The molecule has 0 saturated carbocycles. The Hall–Kier alpha value is -0.610. The van der Waals surface area contributed by atoms with Gasteiger partial charge in [-0.2, -0.15) is 4.31 Å². The number of H-pyrrole nitrogens is 1. The van der Waals surface area contributed by atoms with Crippen LogP contribution in [-0.4, -0.2) is 63.8 Å². The monoisotopic (exact) mass is 514 g/mol. The number of hydrogen-bond acceptors (Lipinski definition) is 11. The van der Waals surface area contributed by atoms with E-state index in [-0.39, 0.29) is 0 Å². The number of nitrogens with zero attached hydrogens (tertiary/aromatic N) is 1. The molecule has 20 heteroatoms. The molecule has 6 atom stereocenters. The molecule has 1 aliphatic rings. The summed E-state index contributed by atoms with van der Waals surface area (Å²) in [5.74, 6) is 0. The van der Waals surface area contributed by atoms with Crippen LogP contribution in [-0.2, 0) is 38.8 Å². The van der Waals surface area contributed by atoms with Crippen LogP contribution in [0.25, 0.3) is 0 Å². The molecule has 0 radical (unpaired) electrons. The zero-order chi connectivity index (χ0) is 23.1. The van der Waals surface area contributed by atoms with Crippen molar-refractivity contribution in [1.29, 1.82) is 0 Å². The number of phosphoric acid groups is 2. The fraction of sp³-hybridized carbons (Fsp3) is 0.600. The van der Waals surface area contributed by atoms with Gasteiger partial charge in [-0.1, -0.05) is 0 Å². The second-order valence-electron chi connectivity index (χ2n) is 6.10. The summed E-state index contributed by atoms with van der Waals surface area (Å²) in [5, 5.41) is 20.8. The summed E-state index contributed by atoms with van der Waals surface area (Å²) < 4.78 is 40.4. The van der Waals surface area contributed by atoms with Gasteiger partial charge in [0.2, 0.25) is 0 Å². The first-order valence-corrected chi connectivity index (χ1v) is 13.2. The van der Waals surface area contributed by atoms with Crippen molar-refractivity contribution in [2.75, 3.05) is 6.61 Å². The minimum Gasteiger partial charge on any atom is -0.387 e. The molecule has 1 aromatic rings. The van der Waals surface area contributed by atoms with E-state index in [1.807, 2.05) is 4.98 Å². The predicted octanol–water partition coefficient (Wildman–Crippen LogP) is -1.99. The Labute approximate surface area is 171 Å². The summed E-state index contributed by atoms with van der Waals surface area (Å²) in [6.45, 7) is -4.42. The molecule has 2 rings (SSSR count). The quantitative estimate of drug-likeness (QED) is 0.186. The van der Waals surface area contributed by atoms with E-state index >= 15 is 0 Å². The van der Waals surface area contributed by atoms with Gasteiger partial charge in [-0.15, -0.1) is 0 Å². The number of aliphatic hydroxyl groups excluding tert-OH is 1. The molecule has 172 valence electrons. The molecule has 2 heterocycles. The van der Waals surface area contributed by atoms with Gasteiger partial charge in [-0.05, 0) is 18.7 Å². The molecule has 1 fully saturated rings. The average molecular weight is 514 g/mol. The molecular weight excluding hydrogens is 497 g/mol. The number of rotatable bonds is 8. The van der Waals surface area contributed by atoms with Crippen LogP contribution in [0.5, 0.6) is 0 Å². The van der Waals surface area contributed by atoms with Crippen molar-refractivity contribution >= 4 is 34.2 Å². The largest absolute Gasteiger partial charge is 0.488 e. The number of aromatic nitrogens is 2. The standard InChI is InChI=1S/C10H17N2O14P3S/c1-10(16)7(14)5(24-8(10)12-3-2-6(13)11-9(12)15)4-23-29(22,30)26-28(20,21)25-27(17,18)19/h2-3,5,7-8,14,16H,4H2,1H3,(H,20,21)(H,22,30)(H,11,13,15)(H2,17,18,19)/t5?,7-,8-,10-,29?/m1/s1. The van der Waals surface area contributed by atoms with Gasteiger partial charge >= 0.3 is 28.1 Å². The molecule has 0 amide bonds. The van der Waals surface area contributed by atoms with E-state index in [2.05, 4.69) is 20.4 Å². The maximum atomic E-state index is 11.9. The number of hydrogen-bond donors (Lipinski definition) is 7. The molecule has 7 N–H and O–H groups in total. The number of ether oxygens (including phenoxy) is 1. The smallest absolute Gasteiger partial charge is 0.387 e. The van der Waals surface area contributed by atoms with Gasteiger partial charge in [-0.3, -0.25) is 14.3 Å². The van der Waals surface area contributed by atoms with Crippen molar-refractivity contribution in [3.8, 4) is 0 Å². The molecule has 0 spiro atoms. The lowest BCUT2D eigenvalue weighted by Crippen LogP contribution is -2.46. The topological polar surface area (TPSA) is 247 Å². The Kier molecular flexibility index (Phi) is 7.46. The lowest BCUT2D eigenvalue weighted by Gasteiger charge is -2.27. The maximum Gasteiger partial charge on any atom is 0.488 e. The molecule has 0 aromatic carbocycles. The zero-order valence-corrected chi connectivity index (χ0v) is 18.2. The Morgan fingerprint density at radius 3 is 2.40 bits per heavy atom. The van der Waals surface area contributed by atoms with Crippen LogP contribution in [0, 0.1) is 0 Å². The van der Waals surface area contributed by atoms with Crippen molar-refractivity contribution in [1.82, 2.24) is 9.55 Å². The van der Waals surface area contributed by atoms with Crippen LogP contribution in [0.2, 0.25) is 0 Å². The summed E-state index contributed by atoms with van der Waals surface area (Å²) in [6.07, 6.45) is -3.74. The lowest BCUT2D eigenvalue weighted by molar-refractivity contribution is -0.0985. The summed E-state index contributed by atoms with van der Waals surface area (Å²) in [5.41, 5.74) is -3.79. The summed E-state index contributed by atoms with van der Waals surface area (Å²) in [7, 11) is -11.0. The van der Waals surface area contributed by atoms with Crippen LogP contribution in [0.1, 0.15) is 13.2 Å². The van der Waals surface area contributed by atoms with E-state index < -0.39 is 64.3 Å². The van der Waals surface area contributed by atoms with Crippen LogP contribution in [0.3, 0.4) is 0 Å². The summed E-state index contributed by atoms with van der Waals surface area (Å²) in [6, 6.07) is 0.957. The fourth-order valence-electron chi connectivity index (χ4n) is 2.46. The first-order valence-electron chi connectivity index (χ1n) is 7.59. The highest BCUT2D eigenvalue weighted by Gasteiger charge is 2.54. The van der Waals surface area contributed by atoms with Crippen LogP contribution in [0.4, 0.5) is 0 Å². The van der Waals surface area contributed by atoms with Crippen molar-refractivity contribution < 1.29 is 56.8 Å². The Bertz CT molecular complexity index is 1050. The van der Waals surface area contributed by atoms with E-state index in [0.717, 1.165) is 23.8 Å². The molecule has 1 saturated heterocycles. The third-order valence-electron chi connectivity index (χ3n) is 3.68. The average Bonchev–Trinajstić information content (AvgIpc) is 2.73. The normalized spacial score (nSPS) is 31.2. The minimum atomic E-state index is -5.53. The Balaban J connectivity index is 2.13. The van der Waals surface area contributed by atoms with Gasteiger partial charge in [0.15, 0.2) is 6.23 Å². The van der Waals surface area contributed by atoms with Crippen molar-refractivity contribution in [3.05, 3.63) is 33.1 Å². The van der Waals surface area contributed by atoms with E-state index in [9.17, 15) is 38.7 Å². The predicted molar refractivity (Wildman–Crippen MR) is 98.4 cm³/mol. The zero-order valence-electron chi connectivity index (χ0n) is 14.7. The van der Waals surface area contributed by atoms with Gasteiger partial charge in [0.1, 0.15) is 17.8 Å². The highest BCUT2D eigenvalue weighted by molar-refractivity contribution is 8.08. The molecule has 1 aliphatic heterocycles. The van der Waals surface area contributed by atoms with E-state index in [0.29, 0.717) is 0 Å². The van der Waals surface area contributed by atoms with Gasteiger partial charge in [-0.25, -0.2) is 18.2 Å². The third-order valence-corrected chi connectivity index (χ3v) is 8.40. The molecule has 0 aliphatic carbocycles. The highest BCUT2D eigenvalue weighted by Crippen LogP contribution is 2.66.